The summed E-state index contributed by atoms with van der Waals surface area (Å²) in [5, 5.41) is 3.29. The lowest BCUT2D eigenvalue weighted by Crippen LogP contribution is -2.38. The van der Waals surface area contributed by atoms with E-state index in [0.29, 0.717) is 6.54 Å². The van der Waals surface area contributed by atoms with Crippen molar-refractivity contribution in [2.45, 2.75) is 32.8 Å². The van der Waals surface area contributed by atoms with Gasteiger partial charge in [-0.15, -0.1) is 0 Å². The van der Waals surface area contributed by atoms with Crippen LogP contribution in [0.2, 0.25) is 0 Å². The van der Waals surface area contributed by atoms with E-state index in [9.17, 15) is 4.79 Å². The molecule has 0 aromatic heterocycles. The Bertz CT molecular complexity index is 442. The molecule has 0 bridgehead atoms. The van der Waals surface area contributed by atoms with Gasteiger partial charge in [-0.1, -0.05) is 12.1 Å². The second-order valence-corrected chi connectivity index (χ2v) is 5.24. The Morgan fingerprint density at radius 3 is 2.80 bits per heavy atom. The van der Waals surface area contributed by atoms with Crippen LogP contribution in [0.4, 0.5) is 5.69 Å². The molecule has 0 atom stereocenters. The van der Waals surface area contributed by atoms with Crippen LogP contribution >= 0.6 is 0 Å². The third kappa shape index (κ3) is 4.05. The summed E-state index contributed by atoms with van der Waals surface area (Å²) in [4.78, 5) is 14.1. The summed E-state index contributed by atoms with van der Waals surface area (Å²) in [5.41, 5.74) is 2.11. The first-order valence-electron chi connectivity index (χ1n) is 7.40. The molecule has 1 aromatic rings. The Morgan fingerprint density at radius 1 is 1.40 bits per heavy atom. The van der Waals surface area contributed by atoms with Gasteiger partial charge in [-0.3, -0.25) is 4.79 Å². The Balaban J connectivity index is 1.91. The van der Waals surface area contributed by atoms with Crippen LogP contribution in [0.5, 0.6) is 0 Å². The zero-order valence-electron chi connectivity index (χ0n) is 12.4. The monoisotopic (exact) mass is 276 g/mol. The van der Waals surface area contributed by atoms with Gasteiger partial charge in [-0.2, -0.15) is 0 Å². The molecular formula is C16H24N2O2. The highest BCUT2D eigenvalue weighted by molar-refractivity contribution is 5.94. The van der Waals surface area contributed by atoms with E-state index in [4.69, 9.17) is 4.74 Å². The number of amides is 1. The molecule has 1 N–H and O–H groups in total. The standard InChI is InChI=1S/C16H24N2O2/c1-3-18(14-6-4-5-13(2)11-14)16(19)12-20-15-7-9-17-10-8-15/h4-6,11,15,17H,3,7-10,12H2,1-2H3. The maximum absolute atomic E-state index is 12.3. The second-order valence-electron chi connectivity index (χ2n) is 5.24. The number of piperidine rings is 1. The second kappa shape index (κ2) is 7.41. The third-order valence-corrected chi connectivity index (χ3v) is 3.66. The van der Waals surface area contributed by atoms with E-state index in [1.165, 1.54) is 0 Å². The Hall–Kier alpha value is -1.39. The van der Waals surface area contributed by atoms with Gasteiger partial charge in [0.25, 0.3) is 5.91 Å². The van der Waals surface area contributed by atoms with Crippen molar-refractivity contribution >= 4 is 11.6 Å². The topological polar surface area (TPSA) is 41.6 Å². The lowest BCUT2D eigenvalue weighted by atomic mass is 10.1. The summed E-state index contributed by atoms with van der Waals surface area (Å²) in [6, 6.07) is 8.02. The molecule has 1 heterocycles. The number of carbonyl (C=O) groups is 1. The number of hydrogen-bond donors (Lipinski definition) is 1. The van der Waals surface area contributed by atoms with Crippen LogP contribution in [0.25, 0.3) is 0 Å². The summed E-state index contributed by atoms with van der Waals surface area (Å²) >= 11 is 0. The van der Waals surface area contributed by atoms with Crippen molar-refractivity contribution in [3.05, 3.63) is 29.8 Å². The van der Waals surface area contributed by atoms with Crippen LogP contribution < -0.4 is 10.2 Å². The first-order chi connectivity index (χ1) is 9.70. The summed E-state index contributed by atoms with van der Waals surface area (Å²) in [6.45, 7) is 6.82. The normalized spacial score (nSPS) is 16.1. The van der Waals surface area contributed by atoms with Gasteiger partial charge in [0.15, 0.2) is 0 Å². The summed E-state index contributed by atoms with van der Waals surface area (Å²) < 4.78 is 5.75. The van der Waals surface area contributed by atoms with Gasteiger partial charge in [0.2, 0.25) is 0 Å². The number of nitrogens with one attached hydrogen (secondary N) is 1. The number of nitrogens with zero attached hydrogens (tertiary/aromatic N) is 1. The molecule has 0 radical (unpaired) electrons. The van der Waals surface area contributed by atoms with E-state index < -0.39 is 0 Å². The van der Waals surface area contributed by atoms with Crippen LogP contribution in [0.3, 0.4) is 0 Å². The Labute approximate surface area is 121 Å². The Morgan fingerprint density at radius 2 is 2.15 bits per heavy atom. The smallest absolute Gasteiger partial charge is 0.252 e. The first kappa shape index (κ1) is 15.0. The van der Waals surface area contributed by atoms with Gasteiger partial charge in [0, 0.05) is 12.2 Å². The molecule has 20 heavy (non-hydrogen) atoms. The number of benzene rings is 1. The highest BCUT2D eigenvalue weighted by Gasteiger charge is 2.18. The van der Waals surface area contributed by atoms with Crippen molar-refractivity contribution < 1.29 is 9.53 Å². The predicted molar refractivity (Wildman–Crippen MR) is 81.0 cm³/mol. The quantitative estimate of drug-likeness (QED) is 0.895. The van der Waals surface area contributed by atoms with E-state index in [-0.39, 0.29) is 18.6 Å². The summed E-state index contributed by atoms with van der Waals surface area (Å²) in [7, 11) is 0. The maximum Gasteiger partial charge on any atom is 0.252 e. The molecule has 0 unspecified atom stereocenters. The number of carbonyl (C=O) groups excluding carboxylic acids is 1. The van der Waals surface area contributed by atoms with Gasteiger partial charge in [-0.05, 0) is 57.5 Å². The minimum atomic E-state index is 0.0385. The molecule has 110 valence electrons. The average molecular weight is 276 g/mol. The number of likely N-dealkylation sites (N-methyl/N-ethyl adjacent to an activating group) is 1. The van der Waals surface area contributed by atoms with Crippen molar-refractivity contribution in [1.29, 1.82) is 0 Å². The zero-order chi connectivity index (χ0) is 14.4. The van der Waals surface area contributed by atoms with Crippen molar-refractivity contribution in [3.63, 3.8) is 0 Å². The van der Waals surface area contributed by atoms with Gasteiger partial charge < -0.3 is 15.0 Å². The van der Waals surface area contributed by atoms with E-state index in [1.807, 2.05) is 38.1 Å². The molecule has 1 fully saturated rings. The van der Waals surface area contributed by atoms with E-state index in [2.05, 4.69) is 5.32 Å². The zero-order valence-corrected chi connectivity index (χ0v) is 12.4. The molecule has 4 heteroatoms. The fourth-order valence-corrected chi connectivity index (χ4v) is 2.53. The SMILES string of the molecule is CCN(C(=O)COC1CCNCC1)c1cccc(C)c1. The Kier molecular flexibility index (Phi) is 5.56. The molecule has 0 saturated carbocycles. The molecule has 1 saturated heterocycles. The van der Waals surface area contributed by atoms with E-state index in [0.717, 1.165) is 37.2 Å². The summed E-state index contributed by atoms with van der Waals surface area (Å²) in [6.07, 6.45) is 2.20. The molecule has 0 spiro atoms. The van der Waals surface area contributed by atoms with Crippen LogP contribution in [0.1, 0.15) is 25.3 Å². The number of anilines is 1. The van der Waals surface area contributed by atoms with Crippen molar-refractivity contribution in [2.24, 2.45) is 0 Å². The maximum atomic E-state index is 12.3. The highest BCUT2D eigenvalue weighted by Crippen LogP contribution is 2.16. The van der Waals surface area contributed by atoms with Crippen LogP contribution in [0.15, 0.2) is 24.3 Å². The van der Waals surface area contributed by atoms with Gasteiger partial charge >= 0.3 is 0 Å². The molecule has 2 rings (SSSR count). The molecular weight excluding hydrogens is 252 g/mol. The fourth-order valence-electron chi connectivity index (χ4n) is 2.53. The first-order valence-corrected chi connectivity index (χ1v) is 7.40. The largest absolute Gasteiger partial charge is 0.368 e. The van der Waals surface area contributed by atoms with Crippen molar-refractivity contribution in [2.75, 3.05) is 31.1 Å². The lowest BCUT2D eigenvalue weighted by molar-refractivity contribution is -0.125. The van der Waals surface area contributed by atoms with Crippen LogP contribution in [-0.4, -0.2) is 38.3 Å². The van der Waals surface area contributed by atoms with Crippen LogP contribution in [0, 0.1) is 6.92 Å². The van der Waals surface area contributed by atoms with Gasteiger partial charge in [-0.25, -0.2) is 0 Å². The molecule has 1 aliphatic rings. The van der Waals surface area contributed by atoms with Gasteiger partial charge in [0.1, 0.15) is 6.61 Å². The van der Waals surface area contributed by atoms with Gasteiger partial charge in [0.05, 0.1) is 6.10 Å². The molecule has 1 aliphatic heterocycles. The van der Waals surface area contributed by atoms with E-state index in [1.54, 1.807) is 4.90 Å². The fraction of sp³-hybridized carbons (Fsp3) is 0.562. The van der Waals surface area contributed by atoms with Crippen LogP contribution in [-0.2, 0) is 9.53 Å². The predicted octanol–water partition coefficient (Wildman–Crippen LogP) is 2.12. The molecule has 0 aliphatic carbocycles. The minimum absolute atomic E-state index is 0.0385. The molecule has 1 aromatic carbocycles. The molecule has 4 nitrogen and oxygen atoms in total. The highest BCUT2D eigenvalue weighted by atomic mass is 16.5. The molecule has 1 amide bonds. The lowest BCUT2D eigenvalue weighted by Gasteiger charge is -2.25. The van der Waals surface area contributed by atoms with E-state index >= 15 is 0 Å². The van der Waals surface area contributed by atoms with Crippen molar-refractivity contribution in [1.82, 2.24) is 5.32 Å². The number of ether oxygens (including phenoxy) is 1. The average Bonchev–Trinajstić information content (AvgIpc) is 2.47. The minimum Gasteiger partial charge on any atom is -0.368 e. The third-order valence-electron chi connectivity index (χ3n) is 3.66. The number of rotatable bonds is 5. The number of aryl methyl sites for hydroxylation is 1. The van der Waals surface area contributed by atoms with Crippen molar-refractivity contribution in [3.8, 4) is 0 Å². The summed E-state index contributed by atoms with van der Waals surface area (Å²) in [5.74, 6) is 0.0385. The number of hydrogen-bond acceptors (Lipinski definition) is 3.